The molecule has 0 saturated carbocycles. The molecule has 0 amide bonds. The third-order valence-corrected chi connectivity index (χ3v) is 1.80. The van der Waals surface area contributed by atoms with Crippen LogP contribution in [0.15, 0.2) is 5.16 Å². The van der Waals surface area contributed by atoms with Gasteiger partial charge in [-0.25, -0.2) is 0 Å². The van der Waals surface area contributed by atoms with Crippen molar-refractivity contribution in [2.45, 2.75) is 13.0 Å². The molecule has 0 radical (unpaired) electrons. The molecule has 1 unspecified atom stereocenters. The highest BCUT2D eigenvalue weighted by atomic mass is 32.2. The van der Waals surface area contributed by atoms with Crippen molar-refractivity contribution >= 4 is 16.8 Å². The summed E-state index contributed by atoms with van der Waals surface area (Å²) in [7, 11) is 1.47. The van der Waals surface area contributed by atoms with Crippen LogP contribution in [0.5, 0.6) is 0 Å². The maximum absolute atomic E-state index is 8.46. The van der Waals surface area contributed by atoms with E-state index in [4.69, 9.17) is 5.21 Å². The van der Waals surface area contributed by atoms with Crippen molar-refractivity contribution in [3.05, 3.63) is 0 Å². The second-order valence-corrected chi connectivity index (χ2v) is 2.49. The first kappa shape index (κ1) is 9.74. The predicted octanol–water partition coefficient (Wildman–Crippen LogP) is 0.677. The first-order chi connectivity index (χ1) is 4.76. The molecule has 10 heavy (non-hydrogen) atoms. The molecule has 0 bridgehead atoms. The van der Waals surface area contributed by atoms with E-state index in [0.29, 0.717) is 5.04 Å². The Morgan fingerprint density at radius 1 is 1.80 bits per heavy atom. The van der Waals surface area contributed by atoms with Crippen LogP contribution < -0.4 is 5.48 Å². The standard InChI is InChI=1S/C5H12N2O2S/c1-4(6-8)5(10-3)7-9-2/h4,6,8H,1-3H3. The molecule has 0 aliphatic carbocycles. The van der Waals surface area contributed by atoms with E-state index in [2.05, 4.69) is 15.5 Å². The van der Waals surface area contributed by atoms with Gasteiger partial charge in [-0.15, -0.1) is 11.8 Å². The summed E-state index contributed by atoms with van der Waals surface area (Å²) in [5.41, 5.74) is 2.07. The van der Waals surface area contributed by atoms with Crippen LogP contribution in [0.4, 0.5) is 0 Å². The van der Waals surface area contributed by atoms with E-state index in [1.54, 1.807) is 6.92 Å². The summed E-state index contributed by atoms with van der Waals surface area (Å²) in [4.78, 5) is 4.53. The Morgan fingerprint density at radius 3 is 2.70 bits per heavy atom. The zero-order chi connectivity index (χ0) is 7.98. The number of hydrogen-bond acceptors (Lipinski definition) is 5. The predicted molar refractivity (Wildman–Crippen MR) is 42.3 cm³/mol. The highest BCUT2D eigenvalue weighted by molar-refractivity contribution is 8.13. The molecular formula is C5H12N2O2S. The van der Waals surface area contributed by atoms with E-state index in [1.807, 2.05) is 6.26 Å². The lowest BCUT2D eigenvalue weighted by molar-refractivity contribution is 0.152. The van der Waals surface area contributed by atoms with Gasteiger partial charge in [0.1, 0.15) is 12.2 Å². The van der Waals surface area contributed by atoms with E-state index in [1.165, 1.54) is 18.9 Å². The lowest BCUT2D eigenvalue weighted by atomic mass is 10.4. The molecule has 0 heterocycles. The Hall–Kier alpha value is -0.260. The highest BCUT2D eigenvalue weighted by Crippen LogP contribution is 2.02. The van der Waals surface area contributed by atoms with Crippen molar-refractivity contribution in [3.63, 3.8) is 0 Å². The van der Waals surface area contributed by atoms with Gasteiger partial charge in [-0.05, 0) is 13.2 Å². The Labute approximate surface area is 64.6 Å². The van der Waals surface area contributed by atoms with Gasteiger partial charge in [-0.3, -0.25) is 0 Å². The minimum atomic E-state index is -0.171. The highest BCUT2D eigenvalue weighted by Gasteiger charge is 2.07. The van der Waals surface area contributed by atoms with Crippen molar-refractivity contribution in [2.75, 3.05) is 13.4 Å². The number of hydroxylamine groups is 1. The molecule has 0 rings (SSSR count). The van der Waals surface area contributed by atoms with Crippen LogP contribution in [-0.2, 0) is 4.84 Å². The fourth-order valence-corrected chi connectivity index (χ4v) is 0.994. The molecule has 0 aliphatic heterocycles. The first-order valence-corrected chi connectivity index (χ1v) is 4.03. The summed E-state index contributed by atoms with van der Waals surface area (Å²) < 4.78 is 0. The van der Waals surface area contributed by atoms with Crippen molar-refractivity contribution in [1.29, 1.82) is 0 Å². The second-order valence-electron chi connectivity index (χ2n) is 1.67. The number of hydrogen-bond donors (Lipinski definition) is 2. The second kappa shape index (κ2) is 5.52. The van der Waals surface area contributed by atoms with Gasteiger partial charge < -0.3 is 10.0 Å². The molecule has 0 aromatic rings. The molecular weight excluding hydrogens is 152 g/mol. The Bertz CT molecular complexity index is 118. The van der Waals surface area contributed by atoms with Crippen LogP contribution in [0, 0.1) is 0 Å². The van der Waals surface area contributed by atoms with E-state index in [0.717, 1.165) is 0 Å². The molecule has 1 atom stereocenters. The van der Waals surface area contributed by atoms with E-state index in [9.17, 15) is 0 Å². The lowest BCUT2D eigenvalue weighted by Gasteiger charge is -2.08. The Kier molecular flexibility index (Phi) is 5.38. The largest absolute Gasteiger partial charge is 0.398 e. The van der Waals surface area contributed by atoms with Gasteiger partial charge in [0.05, 0.1) is 6.04 Å². The summed E-state index contributed by atoms with van der Waals surface area (Å²) in [6.07, 6.45) is 1.87. The number of nitrogens with one attached hydrogen (secondary N) is 1. The molecule has 0 aromatic heterocycles. The molecule has 0 aromatic carbocycles. The fourth-order valence-electron chi connectivity index (χ4n) is 0.438. The minimum Gasteiger partial charge on any atom is -0.398 e. The van der Waals surface area contributed by atoms with E-state index < -0.39 is 0 Å². The van der Waals surface area contributed by atoms with Crippen molar-refractivity contribution in [1.82, 2.24) is 5.48 Å². The molecule has 4 nitrogen and oxygen atoms in total. The molecule has 5 heteroatoms. The lowest BCUT2D eigenvalue weighted by Crippen LogP contribution is -2.29. The maximum atomic E-state index is 8.46. The van der Waals surface area contributed by atoms with Crippen molar-refractivity contribution in [3.8, 4) is 0 Å². The number of oxime groups is 1. The Morgan fingerprint density at radius 2 is 2.40 bits per heavy atom. The van der Waals surface area contributed by atoms with Crippen molar-refractivity contribution in [2.24, 2.45) is 5.16 Å². The number of rotatable bonds is 3. The SMILES string of the molecule is CON=C(SC)C(C)NO. The van der Waals surface area contributed by atoms with Gasteiger partial charge in [-0.2, -0.15) is 5.48 Å². The van der Waals surface area contributed by atoms with Crippen LogP contribution in [0.3, 0.4) is 0 Å². The summed E-state index contributed by atoms with van der Waals surface area (Å²) in [5.74, 6) is 0. The van der Waals surface area contributed by atoms with Gasteiger partial charge >= 0.3 is 0 Å². The minimum absolute atomic E-state index is 0.171. The zero-order valence-corrected chi connectivity index (χ0v) is 7.10. The fraction of sp³-hybridized carbons (Fsp3) is 0.800. The van der Waals surface area contributed by atoms with Crippen LogP contribution in [0.25, 0.3) is 0 Å². The molecule has 60 valence electrons. The summed E-state index contributed by atoms with van der Waals surface area (Å²) >= 11 is 1.43. The normalized spacial score (nSPS) is 15.0. The van der Waals surface area contributed by atoms with E-state index >= 15 is 0 Å². The van der Waals surface area contributed by atoms with Gasteiger partial charge in [0.2, 0.25) is 0 Å². The van der Waals surface area contributed by atoms with Crippen LogP contribution in [-0.4, -0.2) is 29.7 Å². The average Bonchev–Trinajstić information content (AvgIpc) is 1.99. The molecule has 0 aliphatic rings. The quantitative estimate of drug-likeness (QED) is 0.366. The first-order valence-electron chi connectivity index (χ1n) is 2.81. The molecule has 0 fully saturated rings. The maximum Gasteiger partial charge on any atom is 0.131 e. The topological polar surface area (TPSA) is 53.8 Å². The average molecular weight is 164 g/mol. The monoisotopic (exact) mass is 164 g/mol. The molecule has 0 spiro atoms. The van der Waals surface area contributed by atoms with Crippen LogP contribution in [0.1, 0.15) is 6.92 Å². The zero-order valence-electron chi connectivity index (χ0n) is 6.29. The van der Waals surface area contributed by atoms with Gasteiger partial charge in [-0.1, -0.05) is 5.16 Å². The van der Waals surface area contributed by atoms with Crippen LogP contribution >= 0.6 is 11.8 Å². The van der Waals surface area contributed by atoms with Crippen LogP contribution in [0.2, 0.25) is 0 Å². The number of nitrogens with zero attached hydrogens (tertiary/aromatic N) is 1. The van der Waals surface area contributed by atoms with Crippen molar-refractivity contribution < 1.29 is 10.0 Å². The van der Waals surface area contributed by atoms with Gasteiger partial charge in [0.25, 0.3) is 0 Å². The van der Waals surface area contributed by atoms with Gasteiger partial charge in [0.15, 0.2) is 0 Å². The summed E-state index contributed by atoms with van der Waals surface area (Å²) in [6, 6.07) is -0.171. The third kappa shape index (κ3) is 3.05. The third-order valence-electron chi connectivity index (χ3n) is 0.954. The van der Waals surface area contributed by atoms with Gasteiger partial charge in [0, 0.05) is 0 Å². The Balaban J connectivity index is 3.92. The smallest absolute Gasteiger partial charge is 0.131 e. The molecule has 2 N–H and O–H groups in total. The van der Waals surface area contributed by atoms with E-state index in [-0.39, 0.29) is 6.04 Å². The number of thioether (sulfide) groups is 1. The summed E-state index contributed by atoms with van der Waals surface area (Å²) in [5, 5.41) is 12.8. The summed E-state index contributed by atoms with van der Waals surface area (Å²) in [6.45, 7) is 1.79. The molecule has 0 saturated heterocycles.